The van der Waals surface area contributed by atoms with Crippen molar-refractivity contribution in [2.24, 2.45) is 0 Å². The predicted molar refractivity (Wildman–Crippen MR) is 147 cm³/mol. The van der Waals surface area contributed by atoms with Crippen molar-refractivity contribution in [1.82, 2.24) is 20.3 Å². The fraction of sp³-hybridized carbons (Fsp3) is 0.483. The summed E-state index contributed by atoms with van der Waals surface area (Å²) in [5.74, 6) is 2.11. The third-order valence-electron chi connectivity index (χ3n) is 6.85. The highest BCUT2D eigenvalue weighted by Crippen LogP contribution is 2.32. The van der Waals surface area contributed by atoms with E-state index in [4.69, 9.17) is 14.7 Å². The lowest BCUT2D eigenvalue weighted by Gasteiger charge is -2.32. The minimum Gasteiger partial charge on any atom is -0.491 e. The Bertz CT molecular complexity index is 1170. The van der Waals surface area contributed by atoms with Gasteiger partial charge in [-0.05, 0) is 58.0 Å². The first-order valence-electron chi connectivity index (χ1n) is 13.1. The van der Waals surface area contributed by atoms with Gasteiger partial charge in [-0.25, -0.2) is 9.97 Å². The predicted octanol–water partition coefficient (Wildman–Crippen LogP) is 4.16. The summed E-state index contributed by atoms with van der Waals surface area (Å²) >= 11 is 0. The summed E-state index contributed by atoms with van der Waals surface area (Å²) in [6.45, 7) is 4.11. The van der Waals surface area contributed by atoms with Crippen LogP contribution >= 0.6 is 0 Å². The zero-order valence-corrected chi connectivity index (χ0v) is 22.3. The quantitative estimate of drug-likeness (QED) is 0.377. The first-order valence-corrected chi connectivity index (χ1v) is 13.1. The maximum Gasteiger partial charge on any atom is 0.162 e. The van der Waals surface area contributed by atoms with E-state index >= 15 is 0 Å². The number of hydrogen-bond acceptors (Lipinski definition) is 8. The van der Waals surface area contributed by atoms with Gasteiger partial charge in [0.05, 0.1) is 11.4 Å². The van der Waals surface area contributed by atoms with Crippen LogP contribution in [-0.4, -0.2) is 64.6 Å². The van der Waals surface area contributed by atoms with Crippen LogP contribution in [0.2, 0.25) is 0 Å². The number of pyridine rings is 1. The number of hydrogen-bond donors (Lipinski definition) is 3. The molecule has 3 N–H and O–H groups in total. The van der Waals surface area contributed by atoms with Crippen molar-refractivity contribution in [2.45, 2.75) is 63.7 Å². The molecule has 1 saturated carbocycles. The molecule has 8 heteroatoms. The van der Waals surface area contributed by atoms with Gasteiger partial charge >= 0.3 is 0 Å². The van der Waals surface area contributed by atoms with Gasteiger partial charge in [0.15, 0.2) is 5.82 Å². The van der Waals surface area contributed by atoms with E-state index in [0.717, 1.165) is 35.5 Å². The lowest BCUT2D eigenvalue weighted by atomic mass is 9.94. The molecule has 2 aromatic heterocycles. The average Bonchev–Trinajstić information content (AvgIpc) is 2.91. The van der Waals surface area contributed by atoms with Crippen LogP contribution in [0, 0.1) is 0 Å². The van der Waals surface area contributed by atoms with Gasteiger partial charge in [0.25, 0.3) is 0 Å². The van der Waals surface area contributed by atoms with Gasteiger partial charge in [-0.15, -0.1) is 0 Å². The number of likely N-dealkylation sites (N-methyl/N-ethyl adjacent to an activating group) is 1. The largest absolute Gasteiger partial charge is 0.491 e. The number of rotatable bonds is 10. The summed E-state index contributed by atoms with van der Waals surface area (Å²) in [7, 11) is 3.91. The topological polar surface area (TPSA) is 104 Å². The number of benzene rings is 1. The van der Waals surface area contributed by atoms with Gasteiger partial charge < -0.3 is 25.2 Å². The monoisotopic (exact) mass is 505 g/mol. The van der Waals surface area contributed by atoms with E-state index in [1.54, 1.807) is 27.1 Å². The van der Waals surface area contributed by atoms with Crippen molar-refractivity contribution < 1.29 is 14.9 Å². The van der Waals surface area contributed by atoms with E-state index < -0.39 is 11.7 Å². The van der Waals surface area contributed by atoms with E-state index in [-0.39, 0.29) is 6.61 Å². The van der Waals surface area contributed by atoms with Crippen molar-refractivity contribution in [3.05, 3.63) is 54.4 Å². The molecule has 1 aromatic carbocycles. The Balaban J connectivity index is 1.72. The molecule has 0 radical (unpaired) electrons. The molecule has 1 atom stereocenters. The average molecular weight is 506 g/mol. The Morgan fingerprint density at radius 1 is 1.08 bits per heavy atom. The molecule has 0 spiro atoms. The summed E-state index contributed by atoms with van der Waals surface area (Å²) in [5.41, 5.74) is 2.00. The summed E-state index contributed by atoms with van der Waals surface area (Å²) in [4.78, 5) is 16.5. The Kier molecular flexibility index (Phi) is 8.74. The van der Waals surface area contributed by atoms with Crippen molar-refractivity contribution in [2.75, 3.05) is 32.1 Å². The molecule has 1 fully saturated rings. The first kappa shape index (κ1) is 27.0. The van der Waals surface area contributed by atoms with E-state index in [2.05, 4.69) is 22.2 Å². The third-order valence-corrected chi connectivity index (χ3v) is 6.85. The van der Waals surface area contributed by atoms with Crippen LogP contribution in [0.5, 0.6) is 5.75 Å². The second kappa shape index (κ2) is 12.0. The van der Waals surface area contributed by atoms with Crippen LogP contribution in [0.1, 0.15) is 51.6 Å². The molecule has 0 aliphatic heterocycles. The Morgan fingerprint density at radius 3 is 2.59 bits per heavy atom. The zero-order chi connectivity index (χ0) is 26.4. The number of anilines is 1. The van der Waals surface area contributed by atoms with Crippen LogP contribution in [0.25, 0.3) is 22.6 Å². The molecule has 1 aliphatic carbocycles. The zero-order valence-electron chi connectivity index (χ0n) is 22.3. The number of nitrogens with one attached hydrogen (secondary N) is 1. The summed E-state index contributed by atoms with van der Waals surface area (Å²) in [5, 5.41) is 23.5. The van der Waals surface area contributed by atoms with Crippen LogP contribution in [0.15, 0.2) is 48.7 Å². The molecule has 37 heavy (non-hydrogen) atoms. The Labute approximate surface area is 219 Å². The molecule has 198 valence electrons. The Morgan fingerprint density at radius 2 is 1.86 bits per heavy atom. The highest BCUT2D eigenvalue weighted by molar-refractivity contribution is 5.68. The first-order chi connectivity index (χ1) is 17.7. The maximum absolute atomic E-state index is 10.5. The number of aromatic nitrogens is 3. The van der Waals surface area contributed by atoms with Crippen molar-refractivity contribution in [1.29, 1.82) is 0 Å². The van der Waals surface area contributed by atoms with E-state index in [1.165, 1.54) is 19.3 Å². The molecular weight excluding hydrogens is 466 g/mol. The molecule has 1 unspecified atom stereocenters. The summed E-state index contributed by atoms with van der Waals surface area (Å²) in [6.07, 6.45) is 7.18. The maximum atomic E-state index is 10.5. The van der Waals surface area contributed by atoms with Gasteiger partial charge in [0.1, 0.15) is 29.9 Å². The summed E-state index contributed by atoms with van der Waals surface area (Å²) < 4.78 is 5.83. The van der Waals surface area contributed by atoms with Gasteiger partial charge in [0.2, 0.25) is 0 Å². The smallest absolute Gasteiger partial charge is 0.162 e. The van der Waals surface area contributed by atoms with E-state index in [1.807, 2.05) is 42.5 Å². The number of aliphatic hydroxyl groups is 2. The molecular formula is C29H39N5O3. The van der Waals surface area contributed by atoms with Crippen LogP contribution in [0.3, 0.4) is 0 Å². The lowest BCUT2D eigenvalue weighted by Crippen LogP contribution is -2.34. The lowest BCUT2D eigenvalue weighted by molar-refractivity contribution is 0.0739. The van der Waals surface area contributed by atoms with Gasteiger partial charge in [-0.2, -0.15) is 0 Å². The minimum absolute atomic E-state index is 0.192. The summed E-state index contributed by atoms with van der Waals surface area (Å²) in [6, 6.07) is 13.9. The van der Waals surface area contributed by atoms with Crippen molar-refractivity contribution in [3.63, 3.8) is 0 Å². The molecule has 0 bridgehead atoms. The van der Waals surface area contributed by atoms with Crippen LogP contribution < -0.4 is 15.0 Å². The van der Waals surface area contributed by atoms with Crippen molar-refractivity contribution in [3.8, 4) is 28.4 Å². The second-order valence-electron chi connectivity index (χ2n) is 10.4. The van der Waals surface area contributed by atoms with Crippen LogP contribution in [0.4, 0.5) is 5.82 Å². The highest BCUT2D eigenvalue weighted by Gasteiger charge is 2.22. The van der Waals surface area contributed by atoms with Gasteiger partial charge in [0, 0.05) is 43.0 Å². The number of aliphatic hydroxyl groups excluding tert-OH is 1. The van der Waals surface area contributed by atoms with Crippen LogP contribution in [-0.2, 0) is 5.60 Å². The SMILES string of the molecule is CNCC(O)COc1cccc(-c2nc(-c3ccnc(C(C)(C)O)c3)cc(N(C)C3CCCCC3)n2)c1. The molecule has 1 aliphatic rings. The molecule has 2 heterocycles. The molecule has 0 saturated heterocycles. The standard InChI is InChI=1S/C29H39N5O3/c1-29(2,36)26-16-20(13-14-31-26)25-17-27(34(4)22-10-6-5-7-11-22)33-28(32-25)21-9-8-12-24(15-21)37-19-23(35)18-30-3/h8-9,12-17,22-23,30,35-36H,5-7,10-11,18-19H2,1-4H3. The molecule has 4 rings (SSSR count). The van der Waals surface area contributed by atoms with E-state index in [0.29, 0.717) is 29.9 Å². The second-order valence-corrected chi connectivity index (χ2v) is 10.4. The Hall–Kier alpha value is -3.07. The van der Waals surface area contributed by atoms with Crippen molar-refractivity contribution >= 4 is 5.82 Å². The fourth-order valence-electron chi connectivity index (χ4n) is 4.68. The molecule has 0 amide bonds. The van der Waals surface area contributed by atoms with Gasteiger partial charge in [-0.1, -0.05) is 31.4 Å². The minimum atomic E-state index is -1.06. The third kappa shape index (κ3) is 7.03. The number of ether oxygens (including phenoxy) is 1. The molecule has 8 nitrogen and oxygen atoms in total. The van der Waals surface area contributed by atoms with E-state index in [9.17, 15) is 10.2 Å². The van der Waals surface area contributed by atoms with Gasteiger partial charge in [-0.3, -0.25) is 4.98 Å². The fourth-order valence-corrected chi connectivity index (χ4v) is 4.68. The highest BCUT2D eigenvalue weighted by atomic mass is 16.5. The molecule has 3 aromatic rings. The number of nitrogens with zero attached hydrogens (tertiary/aromatic N) is 4. The normalized spacial score (nSPS) is 15.4.